The smallest absolute Gasteiger partial charge is 0.174 e. The maximum absolute atomic E-state index is 12.7. The number of unbranched alkanes of at least 4 members (excludes halogenated alkanes) is 1. The van der Waals surface area contributed by atoms with Crippen molar-refractivity contribution in [1.29, 1.82) is 0 Å². The van der Waals surface area contributed by atoms with Crippen LogP contribution in [0.15, 0.2) is 12.1 Å². The third-order valence-corrected chi connectivity index (χ3v) is 7.17. The molecule has 1 saturated carbocycles. The van der Waals surface area contributed by atoms with E-state index in [-0.39, 0.29) is 17.6 Å². The molecule has 0 unspecified atom stereocenters. The first-order valence-corrected chi connectivity index (χ1v) is 9.54. The maximum Gasteiger partial charge on any atom is 0.174 e. The van der Waals surface area contributed by atoms with Gasteiger partial charge in [0, 0.05) is 18.0 Å². The van der Waals surface area contributed by atoms with Crippen molar-refractivity contribution in [2.24, 2.45) is 0 Å². The number of hydrogen-bond acceptors (Lipinski definition) is 5. The number of Topliss-reactive ketones (excluding diaryl/α,β-unsaturated/α-hetero) is 1. The van der Waals surface area contributed by atoms with E-state index >= 15 is 0 Å². The topological polar surface area (TPSA) is 70.0 Å². The Balaban J connectivity index is 1.72. The average molecular weight is 343 g/mol. The predicted octanol–water partition coefficient (Wildman–Crippen LogP) is 1.92. The molecular formula is C20H25NO4. The molecule has 25 heavy (non-hydrogen) atoms. The van der Waals surface area contributed by atoms with Gasteiger partial charge in [-0.05, 0) is 50.4 Å². The van der Waals surface area contributed by atoms with Crippen molar-refractivity contribution in [2.45, 2.75) is 68.6 Å². The van der Waals surface area contributed by atoms with Gasteiger partial charge in [-0.1, -0.05) is 19.4 Å². The van der Waals surface area contributed by atoms with Crippen LogP contribution < -0.4 is 4.74 Å². The summed E-state index contributed by atoms with van der Waals surface area (Å²) in [7, 11) is 0. The molecule has 5 nitrogen and oxygen atoms in total. The third-order valence-electron chi connectivity index (χ3n) is 7.17. The van der Waals surface area contributed by atoms with Crippen LogP contribution in [0, 0.1) is 0 Å². The number of likely N-dealkylation sites (tertiary alicyclic amines) is 1. The lowest BCUT2D eigenvalue weighted by atomic mass is 9.49. The second-order valence-electron chi connectivity index (χ2n) is 8.17. The van der Waals surface area contributed by atoms with Gasteiger partial charge in [0.05, 0.1) is 11.0 Å². The van der Waals surface area contributed by atoms with Crippen molar-refractivity contribution < 1.29 is 19.7 Å². The van der Waals surface area contributed by atoms with Crippen LogP contribution >= 0.6 is 0 Å². The SMILES string of the molecule is CCCCN1CC[C@@]23c4c5ccc(O)c4O[C@@H]2C(=O)CC[C@]3(O)[C@@H]1C5. The van der Waals surface area contributed by atoms with Crippen LogP contribution in [0.3, 0.4) is 0 Å². The number of ketones is 1. The molecule has 2 aliphatic carbocycles. The summed E-state index contributed by atoms with van der Waals surface area (Å²) >= 11 is 0. The number of phenols is 1. The first-order chi connectivity index (χ1) is 12.0. The number of phenolic OH excluding ortho intramolecular Hbond substituents is 1. The molecule has 5 heteroatoms. The number of nitrogens with zero attached hydrogens (tertiary/aromatic N) is 1. The van der Waals surface area contributed by atoms with Gasteiger partial charge in [-0.25, -0.2) is 0 Å². The lowest BCUT2D eigenvalue weighted by Crippen LogP contribution is -2.76. The molecule has 2 heterocycles. The van der Waals surface area contributed by atoms with E-state index in [2.05, 4.69) is 11.8 Å². The van der Waals surface area contributed by atoms with Gasteiger partial charge in [0.2, 0.25) is 0 Å². The first kappa shape index (κ1) is 15.6. The number of hydrogen-bond donors (Lipinski definition) is 2. The molecule has 5 rings (SSSR count). The van der Waals surface area contributed by atoms with E-state index in [9.17, 15) is 15.0 Å². The number of carbonyl (C=O) groups excluding carboxylic acids is 1. The Morgan fingerprint density at radius 2 is 2.20 bits per heavy atom. The van der Waals surface area contributed by atoms with E-state index in [1.54, 1.807) is 6.07 Å². The fraction of sp³-hybridized carbons (Fsp3) is 0.650. The van der Waals surface area contributed by atoms with Gasteiger partial charge < -0.3 is 14.9 Å². The van der Waals surface area contributed by atoms with E-state index < -0.39 is 17.1 Å². The Bertz CT molecular complexity index is 762. The first-order valence-electron chi connectivity index (χ1n) is 9.54. The molecule has 2 aliphatic heterocycles. The van der Waals surface area contributed by atoms with Gasteiger partial charge in [0.25, 0.3) is 0 Å². The Morgan fingerprint density at radius 3 is 3.00 bits per heavy atom. The molecule has 4 aliphatic rings. The van der Waals surface area contributed by atoms with Crippen molar-refractivity contribution in [3.05, 3.63) is 23.3 Å². The molecular weight excluding hydrogens is 318 g/mol. The highest BCUT2D eigenvalue weighted by molar-refractivity contribution is 5.90. The minimum absolute atomic E-state index is 0.0231. The summed E-state index contributed by atoms with van der Waals surface area (Å²) < 4.78 is 6.03. The fourth-order valence-electron chi connectivity index (χ4n) is 6.04. The third kappa shape index (κ3) is 1.69. The van der Waals surface area contributed by atoms with Crippen molar-refractivity contribution in [2.75, 3.05) is 13.1 Å². The number of benzene rings is 1. The molecule has 1 aromatic rings. The summed E-state index contributed by atoms with van der Waals surface area (Å²) in [6.45, 7) is 4.04. The van der Waals surface area contributed by atoms with Crippen LogP contribution in [-0.4, -0.2) is 51.7 Å². The lowest BCUT2D eigenvalue weighted by molar-refractivity contribution is -0.188. The quantitative estimate of drug-likeness (QED) is 0.877. The normalized spacial score (nSPS) is 38.4. The number of ether oxygens (including phenoxy) is 1. The van der Waals surface area contributed by atoms with E-state index in [0.29, 0.717) is 25.0 Å². The minimum atomic E-state index is -0.955. The average Bonchev–Trinajstić information content (AvgIpc) is 2.95. The monoisotopic (exact) mass is 343 g/mol. The second-order valence-corrected chi connectivity index (χ2v) is 8.17. The van der Waals surface area contributed by atoms with Crippen LogP contribution in [0.1, 0.15) is 50.2 Å². The van der Waals surface area contributed by atoms with Crippen LogP contribution in [0.25, 0.3) is 0 Å². The van der Waals surface area contributed by atoms with Gasteiger partial charge in [-0.2, -0.15) is 0 Å². The Morgan fingerprint density at radius 1 is 1.36 bits per heavy atom. The van der Waals surface area contributed by atoms with Crippen LogP contribution in [0.5, 0.6) is 11.5 Å². The molecule has 2 bridgehead atoms. The molecule has 0 radical (unpaired) electrons. The summed E-state index contributed by atoms with van der Waals surface area (Å²) in [6.07, 6.45) is 3.92. The molecule has 2 fully saturated rings. The molecule has 1 spiro atoms. The zero-order chi connectivity index (χ0) is 17.4. The lowest BCUT2D eigenvalue weighted by Gasteiger charge is -2.62. The summed E-state index contributed by atoms with van der Waals surface area (Å²) in [5.41, 5.74) is 0.404. The highest BCUT2D eigenvalue weighted by Crippen LogP contribution is 2.64. The Hall–Kier alpha value is -1.59. The van der Waals surface area contributed by atoms with E-state index in [0.717, 1.165) is 43.5 Å². The van der Waals surface area contributed by atoms with Gasteiger partial charge in [-0.3, -0.25) is 9.69 Å². The highest BCUT2D eigenvalue weighted by Gasteiger charge is 2.73. The zero-order valence-electron chi connectivity index (χ0n) is 14.6. The molecule has 134 valence electrons. The van der Waals surface area contributed by atoms with Crippen molar-refractivity contribution in [3.8, 4) is 11.5 Å². The Labute approximate surface area is 147 Å². The summed E-state index contributed by atoms with van der Waals surface area (Å²) in [5, 5.41) is 22.3. The zero-order valence-corrected chi connectivity index (χ0v) is 14.6. The molecule has 1 saturated heterocycles. The number of piperidine rings is 1. The molecule has 0 amide bonds. The predicted molar refractivity (Wildman–Crippen MR) is 92.0 cm³/mol. The van der Waals surface area contributed by atoms with Crippen LogP contribution in [0.2, 0.25) is 0 Å². The minimum Gasteiger partial charge on any atom is -0.504 e. The molecule has 4 atom stereocenters. The summed E-state index contributed by atoms with van der Waals surface area (Å²) in [5.74, 6) is 0.593. The second kappa shape index (κ2) is 4.98. The molecule has 2 N–H and O–H groups in total. The number of rotatable bonds is 3. The fourth-order valence-corrected chi connectivity index (χ4v) is 6.04. The Kier molecular flexibility index (Phi) is 3.12. The van der Waals surface area contributed by atoms with Gasteiger partial charge in [0.1, 0.15) is 0 Å². The van der Waals surface area contributed by atoms with Gasteiger partial charge in [0.15, 0.2) is 23.4 Å². The molecule has 0 aromatic heterocycles. The van der Waals surface area contributed by atoms with Crippen molar-refractivity contribution in [3.63, 3.8) is 0 Å². The largest absolute Gasteiger partial charge is 0.504 e. The number of carbonyl (C=O) groups is 1. The standard InChI is InChI=1S/C20H25NO4/c1-2-3-9-21-10-8-19-16-12-4-5-13(22)17(16)25-18(19)14(23)6-7-20(19,24)15(21)11-12/h4-5,15,18,22,24H,2-3,6-11H2,1H3/t15-,18+,19+,20-/m0/s1. The summed E-state index contributed by atoms with van der Waals surface area (Å²) in [4.78, 5) is 15.1. The van der Waals surface area contributed by atoms with Crippen LogP contribution in [-0.2, 0) is 16.6 Å². The summed E-state index contributed by atoms with van der Waals surface area (Å²) in [6, 6.07) is 3.65. The van der Waals surface area contributed by atoms with E-state index in [1.165, 1.54) is 0 Å². The number of aromatic hydroxyl groups is 1. The number of aliphatic hydroxyl groups is 1. The highest BCUT2D eigenvalue weighted by atomic mass is 16.5. The van der Waals surface area contributed by atoms with E-state index in [1.807, 2.05) is 6.07 Å². The van der Waals surface area contributed by atoms with Crippen LogP contribution in [0.4, 0.5) is 0 Å². The van der Waals surface area contributed by atoms with Gasteiger partial charge >= 0.3 is 0 Å². The van der Waals surface area contributed by atoms with Gasteiger partial charge in [-0.15, -0.1) is 0 Å². The van der Waals surface area contributed by atoms with Crippen molar-refractivity contribution >= 4 is 5.78 Å². The molecule has 1 aromatic carbocycles. The van der Waals surface area contributed by atoms with E-state index in [4.69, 9.17) is 4.74 Å². The maximum atomic E-state index is 12.7. The van der Waals surface area contributed by atoms with Crippen molar-refractivity contribution in [1.82, 2.24) is 4.90 Å².